The molecule has 0 unspecified atom stereocenters. The average Bonchev–Trinajstić information content (AvgIpc) is 2.26. The molecule has 2 N–H and O–H groups in total. The van der Waals surface area contributed by atoms with Gasteiger partial charge in [0, 0.05) is 6.54 Å². The molecule has 0 fully saturated rings. The summed E-state index contributed by atoms with van der Waals surface area (Å²) in [6.45, 7) is 7.98. The van der Waals surface area contributed by atoms with E-state index < -0.39 is 16.1 Å². The molecule has 0 spiro atoms. The zero-order valence-corrected chi connectivity index (χ0v) is 13.5. The first-order valence-electron chi connectivity index (χ1n) is 6.81. The van der Waals surface area contributed by atoms with Crippen molar-refractivity contribution in [2.75, 3.05) is 6.54 Å². The van der Waals surface area contributed by atoms with Gasteiger partial charge in [-0.05, 0) is 24.3 Å². The highest BCUT2D eigenvalue weighted by atomic mass is 32.2. The van der Waals surface area contributed by atoms with Gasteiger partial charge in [-0.1, -0.05) is 50.6 Å². The molecule has 0 saturated carbocycles. The van der Waals surface area contributed by atoms with Crippen LogP contribution in [0.1, 0.15) is 38.3 Å². The largest absolute Gasteiger partial charge is 0.393 e. The lowest BCUT2D eigenvalue weighted by Gasteiger charge is -2.25. The van der Waals surface area contributed by atoms with E-state index in [0.29, 0.717) is 6.42 Å². The highest BCUT2D eigenvalue weighted by Gasteiger charge is 2.22. The molecule has 0 aliphatic carbocycles. The maximum absolute atomic E-state index is 11.9. The number of hydrogen-bond donors (Lipinski definition) is 2. The summed E-state index contributed by atoms with van der Waals surface area (Å²) in [5.41, 5.74) is 1.58. The quantitative estimate of drug-likeness (QED) is 0.846. The topological polar surface area (TPSA) is 66.4 Å². The van der Waals surface area contributed by atoms with Crippen LogP contribution in [0.15, 0.2) is 24.3 Å². The van der Waals surface area contributed by atoms with E-state index in [4.69, 9.17) is 0 Å². The number of sulfonamides is 1. The fourth-order valence-electron chi connectivity index (χ4n) is 1.86. The number of benzene rings is 1. The van der Waals surface area contributed by atoms with E-state index >= 15 is 0 Å². The Labute approximate surface area is 122 Å². The number of nitrogens with one attached hydrogen (secondary N) is 1. The van der Waals surface area contributed by atoms with Gasteiger partial charge in [0.05, 0.1) is 11.9 Å². The Hall–Kier alpha value is -0.910. The van der Waals surface area contributed by atoms with Crippen molar-refractivity contribution in [1.82, 2.24) is 4.72 Å². The standard InChI is InChI=1S/C15H25NO3S/c1-12-6-5-7-13(10-12)11-20(18,19)16-9-8-14(17)15(2,3)4/h5-7,10,14,16-17H,8-9,11H2,1-4H3/t14-/m1/s1. The van der Waals surface area contributed by atoms with Crippen molar-refractivity contribution in [2.24, 2.45) is 5.41 Å². The predicted octanol–water partition coefficient (Wildman–Crippen LogP) is 2.21. The van der Waals surface area contributed by atoms with Gasteiger partial charge in [0.2, 0.25) is 10.0 Å². The first-order chi connectivity index (χ1) is 9.10. The number of hydrogen-bond acceptors (Lipinski definition) is 3. The van der Waals surface area contributed by atoms with E-state index in [1.165, 1.54) is 0 Å². The monoisotopic (exact) mass is 299 g/mol. The molecule has 4 nitrogen and oxygen atoms in total. The summed E-state index contributed by atoms with van der Waals surface area (Å²) >= 11 is 0. The van der Waals surface area contributed by atoms with Crippen molar-refractivity contribution in [3.63, 3.8) is 0 Å². The fourth-order valence-corrected chi connectivity index (χ4v) is 3.01. The van der Waals surface area contributed by atoms with Crippen LogP contribution in [0.2, 0.25) is 0 Å². The Bertz CT molecular complexity index is 532. The molecule has 0 bridgehead atoms. The minimum atomic E-state index is -3.35. The van der Waals surface area contributed by atoms with Crippen molar-refractivity contribution < 1.29 is 13.5 Å². The van der Waals surface area contributed by atoms with E-state index in [2.05, 4.69) is 4.72 Å². The molecule has 0 heterocycles. The van der Waals surface area contributed by atoms with Crippen molar-refractivity contribution in [2.45, 2.75) is 46.0 Å². The normalized spacial score (nSPS) is 14.2. The Balaban J connectivity index is 2.51. The van der Waals surface area contributed by atoms with Crippen LogP contribution in [-0.2, 0) is 15.8 Å². The predicted molar refractivity (Wildman–Crippen MR) is 81.9 cm³/mol. The summed E-state index contributed by atoms with van der Waals surface area (Å²) in [7, 11) is -3.35. The maximum atomic E-state index is 11.9. The second-order valence-corrected chi connectivity index (χ2v) is 8.12. The third-order valence-electron chi connectivity index (χ3n) is 3.18. The van der Waals surface area contributed by atoms with Gasteiger partial charge in [-0.3, -0.25) is 0 Å². The molecule has 1 aromatic carbocycles. The van der Waals surface area contributed by atoms with Crippen molar-refractivity contribution in [3.05, 3.63) is 35.4 Å². The second kappa shape index (κ2) is 6.70. The lowest BCUT2D eigenvalue weighted by Crippen LogP contribution is -2.33. The second-order valence-electron chi connectivity index (χ2n) is 6.31. The molecule has 5 heteroatoms. The number of rotatable bonds is 6. The van der Waals surface area contributed by atoms with Crippen LogP contribution >= 0.6 is 0 Å². The number of aliphatic hydroxyl groups is 1. The van der Waals surface area contributed by atoms with E-state index in [1.807, 2.05) is 45.9 Å². The summed E-state index contributed by atoms with van der Waals surface area (Å²) in [5, 5.41) is 9.87. The van der Waals surface area contributed by atoms with Gasteiger partial charge in [-0.25, -0.2) is 13.1 Å². The van der Waals surface area contributed by atoms with E-state index in [1.54, 1.807) is 6.07 Å². The Morgan fingerprint density at radius 3 is 2.50 bits per heavy atom. The SMILES string of the molecule is Cc1cccc(CS(=O)(=O)NCC[C@@H](O)C(C)(C)C)c1. The molecule has 114 valence electrons. The van der Waals surface area contributed by atoms with Crippen LogP contribution in [0, 0.1) is 12.3 Å². The van der Waals surface area contributed by atoms with E-state index in [0.717, 1.165) is 11.1 Å². The van der Waals surface area contributed by atoms with Crippen LogP contribution in [-0.4, -0.2) is 26.2 Å². The average molecular weight is 299 g/mol. The molecule has 20 heavy (non-hydrogen) atoms. The van der Waals surface area contributed by atoms with Gasteiger partial charge >= 0.3 is 0 Å². The molecule has 1 aromatic rings. The van der Waals surface area contributed by atoms with Crippen molar-refractivity contribution in [3.8, 4) is 0 Å². The fraction of sp³-hybridized carbons (Fsp3) is 0.600. The smallest absolute Gasteiger partial charge is 0.215 e. The Morgan fingerprint density at radius 2 is 1.95 bits per heavy atom. The van der Waals surface area contributed by atoms with E-state index in [-0.39, 0.29) is 17.7 Å². The Morgan fingerprint density at radius 1 is 1.30 bits per heavy atom. The molecule has 0 radical (unpaired) electrons. The van der Waals surface area contributed by atoms with Gasteiger partial charge in [-0.15, -0.1) is 0 Å². The van der Waals surface area contributed by atoms with Crippen LogP contribution in [0.3, 0.4) is 0 Å². The van der Waals surface area contributed by atoms with Gasteiger partial charge in [0.25, 0.3) is 0 Å². The molecule has 0 amide bonds. The molecule has 0 aliphatic rings. The molecule has 0 aromatic heterocycles. The molecular weight excluding hydrogens is 274 g/mol. The zero-order valence-electron chi connectivity index (χ0n) is 12.7. The first-order valence-corrected chi connectivity index (χ1v) is 8.46. The minimum Gasteiger partial charge on any atom is -0.393 e. The van der Waals surface area contributed by atoms with Crippen molar-refractivity contribution >= 4 is 10.0 Å². The highest BCUT2D eigenvalue weighted by molar-refractivity contribution is 7.88. The maximum Gasteiger partial charge on any atom is 0.215 e. The van der Waals surface area contributed by atoms with Crippen molar-refractivity contribution in [1.29, 1.82) is 0 Å². The summed E-state index contributed by atoms with van der Waals surface area (Å²) < 4.78 is 26.4. The molecule has 0 aliphatic heterocycles. The van der Waals surface area contributed by atoms with Crippen LogP contribution in [0.4, 0.5) is 0 Å². The lowest BCUT2D eigenvalue weighted by atomic mass is 9.87. The Kier molecular flexibility index (Phi) is 5.74. The number of aryl methyl sites for hydroxylation is 1. The van der Waals surface area contributed by atoms with Gasteiger partial charge in [-0.2, -0.15) is 0 Å². The third-order valence-corrected chi connectivity index (χ3v) is 4.54. The summed E-state index contributed by atoms with van der Waals surface area (Å²) in [5.74, 6) is -0.0275. The lowest BCUT2D eigenvalue weighted by molar-refractivity contribution is 0.0571. The van der Waals surface area contributed by atoms with Gasteiger partial charge in [0.15, 0.2) is 0 Å². The molecular formula is C15H25NO3S. The molecule has 0 saturated heterocycles. The minimum absolute atomic E-state index is 0.0275. The van der Waals surface area contributed by atoms with Crippen LogP contribution in [0.25, 0.3) is 0 Å². The third kappa shape index (κ3) is 6.03. The van der Waals surface area contributed by atoms with E-state index in [9.17, 15) is 13.5 Å². The molecule has 1 rings (SSSR count). The highest BCUT2D eigenvalue weighted by Crippen LogP contribution is 2.21. The van der Waals surface area contributed by atoms with Crippen LogP contribution in [0.5, 0.6) is 0 Å². The summed E-state index contributed by atoms with van der Waals surface area (Å²) in [6, 6.07) is 7.45. The van der Waals surface area contributed by atoms with Gasteiger partial charge < -0.3 is 5.11 Å². The molecule has 1 atom stereocenters. The first kappa shape index (κ1) is 17.1. The number of aliphatic hydroxyl groups excluding tert-OH is 1. The summed E-state index contributed by atoms with van der Waals surface area (Å²) in [6.07, 6.45) is -0.111. The van der Waals surface area contributed by atoms with Crippen LogP contribution < -0.4 is 4.72 Å². The summed E-state index contributed by atoms with van der Waals surface area (Å²) in [4.78, 5) is 0. The van der Waals surface area contributed by atoms with Gasteiger partial charge in [0.1, 0.15) is 0 Å². The zero-order chi connectivity index (χ0) is 15.4.